The topological polar surface area (TPSA) is 46.5 Å². The number of rotatable bonds is 3. The molecule has 1 N–H and O–H groups in total. The van der Waals surface area contributed by atoms with Crippen LogP contribution in [0.3, 0.4) is 0 Å². The van der Waals surface area contributed by atoms with Crippen LogP contribution in [-0.2, 0) is 9.53 Å². The standard InChI is InChI=1S/C9H16O3/c1-5-6-7(10)8(11)12-9(2,3)4/h5,7,10H,1,6H2,2-4H3/t7-/m1/s1. The van der Waals surface area contributed by atoms with Crippen molar-refractivity contribution in [3.8, 4) is 0 Å². The first-order chi connectivity index (χ1) is 5.37. The lowest BCUT2D eigenvalue weighted by molar-refractivity contribution is -0.164. The zero-order chi connectivity index (χ0) is 9.78. The Hall–Kier alpha value is -0.830. The van der Waals surface area contributed by atoms with E-state index in [1.165, 1.54) is 6.08 Å². The van der Waals surface area contributed by atoms with Gasteiger partial charge in [-0.2, -0.15) is 0 Å². The smallest absolute Gasteiger partial charge is 0.335 e. The Bertz CT molecular complexity index is 167. The summed E-state index contributed by atoms with van der Waals surface area (Å²) in [6.07, 6.45) is 0.630. The highest BCUT2D eigenvalue weighted by molar-refractivity contribution is 5.74. The van der Waals surface area contributed by atoms with Crippen LogP contribution in [0.2, 0.25) is 0 Å². The Kier molecular flexibility index (Phi) is 3.96. The largest absolute Gasteiger partial charge is 0.458 e. The lowest BCUT2D eigenvalue weighted by Crippen LogP contribution is -2.31. The van der Waals surface area contributed by atoms with Crippen molar-refractivity contribution >= 4 is 5.97 Å². The van der Waals surface area contributed by atoms with E-state index >= 15 is 0 Å². The molecule has 0 saturated carbocycles. The van der Waals surface area contributed by atoms with E-state index in [2.05, 4.69) is 6.58 Å². The van der Waals surface area contributed by atoms with Gasteiger partial charge < -0.3 is 9.84 Å². The summed E-state index contributed by atoms with van der Waals surface area (Å²) in [6, 6.07) is 0. The van der Waals surface area contributed by atoms with Gasteiger partial charge in [0.05, 0.1) is 0 Å². The van der Waals surface area contributed by atoms with Crippen LogP contribution < -0.4 is 0 Å². The average Bonchev–Trinajstić information content (AvgIpc) is 1.84. The molecular weight excluding hydrogens is 156 g/mol. The predicted molar refractivity (Wildman–Crippen MR) is 46.7 cm³/mol. The molecule has 0 unspecified atom stereocenters. The van der Waals surface area contributed by atoms with E-state index in [4.69, 9.17) is 9.84 Å². The molecule has 0 fully saturated rings. The van der Waals surface area contributed by atoms with Crippen LogP contribution in [0.1, 0.15) is 27.2 Å². The highest BCUT2D eigenvalue weighted by atomic mass is 16.6. The normalized spacial score (nSPS) is 13.7. The molecule has 0 saturated heterocycles. The Balaban J connectivity index is 3.95. The fraction of sp³-hybridized carbons (Fsp3) is 0.667. The summed E-state index contributed by atoms with van der Waals surface area (Å²) in [4.78, 5) is 11.0. The average molecular weight is 172 g/mol. The minimum absolute atomic E-state index is 0.231. The van der Waals surface area contributed by atoms with Gasteiger partial charge in [0.1, 0.15) is 5.60 Å². The third-order valence-corrected chi connectivity index (χ3v) is 1.07. The van der Waals surface area contributed by atoms with Gasteiger partial charge in [0, 0.05) is 6.42 Å². The van der Waals surface area contributed by atoms with Gasteiger partial charge in [-0.1, -0.05) is 6.08 Å². The number of hydrogen-bond acceptors (Lipinski definition) is 3. The number of aliphatic hydroxyl groups is 1. The Morgan fingerprint density at radius 2 is 2.17 bits per heavy atom. The van der Waals surface area contributed by atoms with Crippen molar-refractivity contribution in [2.75, 3.05) is 0 Å². The second-order valence-corrected chi connectivity index (χ2v) is 3.57. The van der Waals surface area contributed by atoms with Crippen molar-refractivity contribution in [2.45, 2.75) is 38.9 Å². The third kappa shape index (κ3) is 4.91. The van der Waals surface area contributed by atoms with Crippen LogP contribution in [0, 0.1) is 0 Å². The predicted octanol–water partition coefficient (Wildman–Crippen LogP) is 1.27. The zero-order valence-corrected chi connectivity index (χ0v) is 7.83. The molecule has 3 nitrogen and oxygen atoms in total. The molecule has 1 atom stereocenters. The Morgan fingerprint density at radius 1 is 1.67 bits per heavy atom. The van der Waals surface area contributed by atoms with E-state index in [9.17, 15) is 4.79 Å². The fourth-order valence-electron chi connectivity index (χ4n) is 0.624. The lowest BCUT2D eigenvalue weighted by Gasteiger charge is -2.21. The molecule has 0 aliphatic heterocycles. The molecule has 0 aliphatic rings. The molecule has 0 amide bonds. The maximum absolute atomic E-state index is 11.0. The highest BCUT2D eigenvalue weighted by Crippen LogP contribution is 2.09. The molecule has 0 rings (SSSR count). The summed E-state index contributed by atoms with van der Waals surface area (Å²) in [6.45, 7) is 8.68. The van der Waals surface area contributed by atoms with Crippen molar-refractivity contribution in [1.29, 1.82) is 0 Å². The van der Waals surface area contributed by atoms with Crippen LogP contribution in [0.4, 0.5) is 0 Å². The molecule has 0 bridgehead atoms. The molecule has 70 valence electrons. The summed E-state index contributed by atoms with van der Waals surface area (Å²) in [5.74, 6) is -0.595. The van der Waals surface area contributed by atoms with Crippen LogP contribution >= 0.6 is 0 Å². The highest BCUT2D eigenvalue weighted by Gasteiger charge is 2.21. The molecule has 0 aromatic carbocycles. The quantitative estimate of drug-likeness (QED) is 0.515. The van der Waals surface area contributed by atoms with Gasteiger partial charge in [-0.15, -0.1) is 6.58 Å². The van der Waals surface area contributed by atoms with Crippen molar-refractivity contribution < 1.29 is 14.6 Å². The van der Waals surface area contributed by atoms with E-state index in [-0.39, 0.29) is 6.42 Å². The van der Waals surface area contributed by atoms with E-state index in [0.717, 1.165) is 0 Å². The number of esters is 1. The van der Waals surface area contributed by atoms with Gasteiger partial charge in [0.15, 0.2) is 6.10 Å². The summed E-state index contributed by atoms with van der Waals surface area (Å²) in [5.41, 5.74) is -0.542. The van der Waals surface area contributed by atoms with Crippen LogP contribution in [0.25, 0.3) is 0 Å². The molecular formula is C9H16O3. The number of carbonyl (C=O) groups is 1. The summed E-state index contributed by atoms with van der Waals surface area (Å²) >= 11 is 0. The molecule has 0 radical (unpaired) electrons. The van der Waals surface area contributed by atoms with Crippen molar-refractivity contribution in [1.82, 2.24) is 0 Å². The van der Waals surface area contributed by atoms with E-state index < -0.39 is 17.7 Å². The first-order valence-electron chi connectivity index (χ1n) is 3.88. The fourth-order valence-corrected chi connectivity index (χ4v) is 0.624. The summed E-state index contributed by atoms with van der Waals surface area (Å²) in [5, 5.41) is 9.14. The molecule has 0 aromatic rings. The first-order valence-corrected chi connectivity index (χ1v) is 3.88. The SMILES string of the molecule is C=CC[C@@H](O)C(=O)OC(C)(C)C. The van der Waals surface area contributed by atoms with E-state index in [0.29, 0.717) is 0 Å². The lowest BCUT2D eigenvalue weighted by atomic mass is 10.2. The van der Waals surface area contributed by atoms with Crippen LogP contribution in [0.5, 0.6) is 0 Å². The number of hydrogen-bond donors (Lipinski definition) is 1. The van der Waals surface area contributed by atoms with Crippen molar-refractivity contribution in [2.24, 2.45) is 0 Å². The van der Waals surface area contributed by atoms with Gasteiger partial charge in [-0.25, -0.2) is 4.79 Å². The number of aliphatic hydroxyl groups excluding tert-OH is 1. The molecule has 0 spiro atoms. The number of carbonyl (C=O) groups excluding carboxylic acids is 1. The molecule has 0 aromatic heterocycles. The van der Waals surface area contributed by atoms with Gasteiger partial charge in [-0.05, 0) is 20.8 Å². The van der Waals surface area contributed by atoms with Gasteiger partial charge >= 0.3 is 5.97 Å². The van der Waals surface area contributed by atoms with Gasteiger partial charge in [0.25, 0.3) is 0 Å². The number of ether oxygens (including phenoxy) is 1. The minimum Gasteiger partial charge on any atom is -0.458 e. The van der Waals surface area contributed by atoms with E-state index in [1.54, 1.807) is 20.8 Å². The maximum Gasteiger partial charge on any atom is 0.335 e. The van der Waals surface area contributed by atoms with Crippen molar-refractivity contribution in [3.05, 3.63) is 12.7 Å². The first kappa shape index (κ1) is 11.2. The Morgan fingerprint density at radius 3 is 2.50 bits per heavy atom. The van der Waals surface area contributed by atoms with Gasteiger partial charge in [0.2, 0.25) is 0 Å². The summed E-state index contributed by atoms with van der Waals surface area (Å²) in [7, 11) is 0. The monoisotopic (exact) mass is 172 g/mol. The second kappa shape index (κ2) is 4.26. The van der Waals surface area contributed by atoms with E-state index in [1.807, 2.05) is 0 Å². The molecule has 12 heavy (non-hydrogen) atoms. The van der Waals surface area contributed by atoms with Crippen LogP contribution in [0.15, 0.2) is 12.7 Å². The molecule has 0 heterocycles. The minimum atomic E-state index is -1.08. The summed E-state index contributed by atoms with van der Waals surface area (Å²) < 4.78 is 4.92. The van der Waals surface area contributed by atoms with Crippen molar-refractivity contribution in [3.63, 3.8) is 0 Å². The van der Waals surface area contributed by atoms with Gasteiger partial charge in [-0.3, -0.25) is 0 Å². The van der Waals surface area contributed by atoms with Crippen LogP contribution in [-0.4, -0.2) is 22.8 Å². The maximum atomic E-state index is 11.0. The molecule has 0 aliphatic carbocycles. The zero-order valence-electron chi connectivity index (χ0n) is 7.83. The Labute approximate surface area is 73.0 Å². The molecule has 3 heteroatoms. The second-order valence-electron chi connectivity index (χ2n) is 3.57. The third-order valence-electron chi connectivity index (χ3n) is 1.07.